The van der Waals surface area contributed by atoms with Crippen LogP contribution < -0.4 is 9.47 Å². The summed E-state index contributed by atoms with van der Waals surface area (Å²) in [6, 6.07) is 8.94. The molecule has 0 heterocycles. The molecule has 3 nitrogen and oxygen atoms in total. The van der Waals surface area contributed by atoms with Gasteiger partial charge in [0.15, 0.2) is 0 Å². The smallest absolute Gasteiger partial charge is 0.423 e. The number of unbranched alkanes of at least 4 members (excludes halogenated alkanes) is 1. The molecule has 2 aliphatic carbocycles. The van der Waals surface area contributed by atoms with E-state index in [0.717, 1.165) is 43.2 Å². The summed E-state index contributed by atoms with van der Waals surface area (Å²) in [5.74, 6) is 0.867. The zero-order valence-electron chi connectivity index (χ0n) is 20.0. The minimum absolute atomic E-state index is 0.0434. The molecule has 4 rings (SSSR count). The minimum Gasteiger partial charge on any atom is -0.423 e. The largest absolute Gasteiger partial charge is 0.573 e. The lowest BCUT2D eigenvalue weighted by molar-refractivity contribution is -0.274. The van der Waals surface area contributed by atoms with Gasteiger partial charge in [0.05, 0.1) is 5.56 Å². The van der Waals surface area contributed by atoms with Crippen LogP contribution in [0.4, 0.5) is 17.6 Å². The van der Waals surface area contributed by atoms with E-state index in [9.17, 15) is 18.0 Å². The van der Waals surface area contributed by atoms with E-state index in [1.54, 1.807) is 12.1 Å². The van der Waals surface area contributed by atoms with Crippen LogP contribution in [-0.2, 0) is 0 Å². The molecule has 0 N–H and O–H groups in total. The van der Waals surface area contributed by atoms with E-state index in [-0.39, 0.29) is 17.2 Å². The van der Waals surface area contributed by atoms with E-state index >= 15 is 4.39 Å². The van der Waals surface area contributed by atoms with Crippen molar-refractivity contribution in [2.75, 3.05) is 0 Å². The third kappa shape index (κ3) is 6.77. The fraction of sp³-hybridized carbons (Fsp3) is 0.536. The summed E-state index contributed by atoms with van der Waals surface area (Å²) in [6.07, 6.45) is 6.02. The van der Waals surface area contributed by atoms with Gasteiger partial charge in [0.1, 0.15) is 17.3 Å². The van der Waals surface area contributed by atoms with Gasteiger partial charge >= 0.3 is 12.3 Å². The van der Waals surface area contributed by atoms with Crippen molar-refractivity contribution < 1.29 is 31.8 Å². The average Bonchev–Trinajstić information content (AvgIpc) is 2.82. The Morgan fingerprint density at radius 2 is 1.63 bits per heavy atom. The molecule has 4 atom stereocenters. The zero-order chi connectivity index (χ0) is 25.0. The third-order valence-electron chi connectivity index (χ3n) is 7.63. The Bertz CT molecular complexity index is 1000. The fourth-order valence-corrected chi connectivity index (χ4v) is 5.88. The number of esters is 1. The first-order valence-electron chi connectivity index (χ1n) is 12.6. The number of benzene rings is 2. The number of rotatable bonds is 7. The van der Waals surface area contributed by atoms with E-state index < -0.39 is 23.9 Å². The van der Waals surface area contributed by atoms with E-state index in [2.05, 4.69) is 11.7 Å². The Labute approximate surface area is 203 Å². The van der Waals surface area contributed by atoms with Gasteiger partial charge in [0.2, 0.25) is 0 Å². The molecule has 0 bridgehead atoms. The van der Waals surface area contributed by atoms with Gasteiger partial charge < -0.3 is 9.47 Å². The van der Waals surface area contributed by atoms with E-state index in [1.807, 2.05) is 0 Å². The van der Waals surface area contributed by atoms with Crippen LogP contribution in [0.3, 0.4) is 0 Å². The first-order valence-corrected chi connectivity index (χ1v) is 12.6. The zero-order valence-corrected chi connectivity index (χ0v) is 20.0. The summed E-state index contributed by atoms with van der Waals surface area (Å²) in [5, 5.41) is 0. The fourth-order valence-electron chi connectivity index (χ4n) is 5.88. The van der Waals surface area contributed by atoms with Gasteiger partial charge in [0.25, 0.3) is 0 Å². The van der Waals surface area contributed by atoms with Crippen molar-refractivity contribution in [1.82, 2.24) is 0 Å². The van der Waals surface area contributed by atoms with Gasteiger partial charge in [-0.25, -0.2) is 9.18 Å². The summed E-state index contributed by atoms with van der Waals surface area (Å²) < 4.78 is 60.8. The van der Waals surface area contributed by atoms with Gasteiger partial charge in [-0.1, -0.05) is 38.7 Å². The monoisotopic (exact) mass is 492 g/mol. The molecule has 2 aromatic carbocycles. The van der Waals surface area contributed by atoms with Crippen molar-refractivity contribution in [3.05, 3.63) is 59.4 Å². The number of halogens is 4. The molecule has 0 aromatic heterocycles. The third-order valence-corrected chi connectivity index (χ3v) is 7.63. The molecule has 2 saturated carbocycles. The van der Waals surface area contributed by atoms with Gasteiger partial charge in [-0.15, -0.1) is 13.2 Å². The highest BCUT2D eigenvalue weighted by Crippen LogP contribution is 2.48. The van der Waals surface area contributed by atoms with Crippen LogP contribution in [-0.4, -0.2) is 12.3 Å². The molecule has 4 unspecified atom stereocenters. The maximum Gasteiger partial charge on any atom is 0.573 e. The van der Waals surface area contributed by atoms with E-state index in [0.29, 0.717) is 11.5 Å². The molecule has 0 amide bonds. The van der Waals surface area contributed by atoms with E-state index in [1.165, 1.54) is 56.7 Å². The number of fused-ring (bicyclic) bond motifs is 1. The van der Waals surface area contributed by atoms with Gasteiger partial charge in [-0.05, 0) is 97.7 Å². The van der Waals surface area contributed by atoms with Crippen molar-refractivity contribution in [3.63, 3.8) is 0 Å². The highest BCUT2D eigenvalue weighted by molar-refractivity contribution is 5.91. The molecule has 2 aromatic rings. The van der Waals surface area contributed by atoms with Crippen LogP contribution in [0.2, 0.25) is 0 Å². The molecule has 2 fully saturated rings. The number of hydrogen-bond donors (Lipinski definition) is 0. The Morgan fingerprint density at radius 3 is 2.31 bits per heavy atom. The normalized spacial score (nSPS) is 24.5. The molecule has 190 valence electrons. The van der Waals surface area contributed by atoms with Gasteiger partial charge in [-0.3, -0.25) is 0 Å². The van der Waals surface area contributed by atoms with Crippen LogP contribution >= 0.6 is 0 Å². The molecule has 2 aliphatic rings. The summed E-state index contributed by atoms with van der Waals surface area (Å²) in [4.78, 5) is 12.5. The molecule has 7 heteroatoms. The Balaban J connectivity index is 1.34. The van der Waals surface area contributed by atoms with Gasteiger partial charge in [0, 0.05) is 0 Å². The van der Waals surface area contributed by atoms with Crippen LogP contribution in [0.1, 0.15) is 86.6 Å². The lowest BCUT2D eigenvalue weighted by atomic mass is 9.63. The standard InChI is InChI=1S/C28H32F4O3/c1-2-3-4-18-5-6-20-16-21(8-7-19(20)15-18)25-14-9-22(17-26(25)29)27(33)34-23-10-12-24(13-11-23)35-28(30,31)32/h9-14,17-21H,2-8,15-16H2,1H3. The minimum atomic E-state index is -4.80. The molecule has 0 radical (unpaired) electrons. The van der Waals surface area contributed by atoms with Crippen molar-refractivity contribution in [3.8, 4) is 11.5 Å². The predicted molar refractivity (Wildman–Crippen MR) is 125 cm³/mol. The second-order valence-electron chi connectivity index (χ2n) is 10.00. The predicted octanol–water partition coefficient (Wildman–Crippen LogP) is 8.43. The topological polar surface area (TPSA) is 35.5 Å². The average molecular weight is 493 g/mol. The van der Waals surface area contributed by atoms with Crippen LogP contribution in [0.5, 0.6) is 11.5 Å². The molecule has 0 saturated heterocycles. The Morgan fingerprint density at radius 1 is 0.943 bits per heavy atom. The molecular weight excluding hydrogens is 460 g/mol. The van der Waals surface area contributed by atoms with Crippen LogP contribution in [0.15, 0.2) is 42.5 Å². The van der Waals surface area contributed by atoms with Gasteiger partial charge in [-0.2, -0.15) is 0 Å². The first kappa shape index (κ1) is 25.5. The molecule has 0 aliphatic heterocycles. The number of hydrogen-bond acceptors (Lipinski definition) is 3. The highest BCUT2D eigenvalue weighted by Gasteiger charge is 2.36. The molecule has 0 spiro atoms. The SMILES string of the molecule is CCCCC1CCC2CC(c3ccc(C(=O)Oc4ccc(OC(F)(F)F)cc4)cc3F)CCC2C1. The van der Waals surface area contributed by atoms with Crippen LogP contribution in [0, 0.1) is 23.6 Å². The Kier molecular flexibility index (Phi) is 8.02. The number of ether oxygens (including phenoxy) is 2. The number of carbonyl (C=O) groups excluding carboxylic acids is 1. The maximum atomic E-state index is 15.0. The first-order chi connectivity index (χ1) is 16.7. The van der Waals surface area contributed by atoms with Crippen molar-refractivity contribution >= 4 is 5.97 Å². The lowest BCUT2D eigenvalue weighted by Gasteiger charge is -2.42. The summed E-state index contributed by atoms with van der Waals surface area (Å²) in [6.45, 7) is 2.24. The number of carbonyl (C=O) groups is 1. The number of alkyl halides is 3. The second kappa shape index (κ2) is 11.0. The highest BCUT2D eigenvalue weighted by atomic mass is 19.4. The summed E-state index contributed by atoms with van der Waals surface area (Å²) in [7, 11) is 0. The van der Waals surface area contributed by atoms with E-state index in [4.69, 9.17) is 4.74 Å². The lowest BCUT2D eigenvalue weighted by Crippen LogP contribution is -2.30. The van der Waals surface area contributed by atoms with Crippen LogP contribution in [0.25, 0.3) is 0 Å². The summed E-state index contributed by atoms with van der Waals surface area (Å²) >= 11 is 0. The van der Waals surface area contributed by atoms with Crippen molar-refractivity contribution in [2.45, 2.75) is 77.0 Å². The molecular formula is C28H32F4O3. The van der Waals surface area contributed by atoms with Crippen molar-refractivity contribution in [2.24, 2.45) is 17.8 Å². The molecule has 35 heavy (non-hydrogen) atoms. The second-order valence-corrected chi connectivity index (χ2v) is 10.00. The maximum absolute atomic E-state index is 15.0. The Hall–Kier alpha value is -2.57. The summed E-state index contributed by atoms with van der Waals surface area (Å²) in [5.41, 5.74) is 0.716. The quantitative estimate of drug-likeness (QED) is 0.221. The van der Waals surface area contributed by atoms with Crippen molar-refractivity contribution in [1.29, 1.82) is 0 Å².